The quantitative estimate of drug-likeness (QED) is 0.820. The van der Waals surface area contributed by atoms with Gasteiger partial charge in [0, 0.05) is 5.75 Å². The maximum absolute atomic E-state index is 9.77. The lowest BCUT2D eigenvalue weighted by Crippen LogP contribution is -2.20. The van der Waals surface area contributed by atoms with Crippen molar-refractivity contribution >= 4 is 23.1 Å². The van der Waals surface area contributed by atoms with Crippen LogP contribution in [0.1, 0.15) is 5.56 Å². The highest BCUT2D eigenvalue weighted by Gasteiger charge is 2.08. The molecular weight excluding hydrogens is 282 g/mol. The Bertz CT molecular complexity index is 537. The Balaban J connectivity index is 1.73. The van der Waals surface area contributed by atoms with Crippen molar-refractivity contribution in [1.82, 2.24) is 10.2 Å². The number of hydrogen-bond acceptors (Lipinski definition) is 7. The summed E-state index contributed by atoms with van der Waals surface area (Å²) < 4.78 is 6.26. The van der Waals surface area contributed by atoms with E-state index in [4.69, 9.17) is 10.00 Å². The summed E-state index contributed by atoms with van der Waals surface area (Å²) in [6.45, 7) is 0.206. The maximum atomic E-state index is 9.77. The van der Waals surface area contributed by atoms with E-state index in [1.165, 1.54) is 23.1 Å². The number of ether oxygens (including phenoxy) is 1. The number of aliphatic hydroxyl groups excluding tert-OH is 1. The predicted molar refractivity (Wildman–Crippen MR) is 73.3 cm³/mol. The van der Waals surface area contributed by atoms with Crippen LogP contribution in [0.5, 0.6) is 5.75 Å². The number of nitrogens with zero attached hydrogens (tertiary/aromatic N) is 3. The van der Waals surface area contributed by atoms with Gasteiger partial charge in [0.1, 0.15) is 17.9 Å². The van der Waals surface area contributed by atoms with Crippen molar-refractivity contribution in [2.45, 2.75) is 10.4 Å². The Morgan fingerprint density at radius 1 is 1.42 bits per heavy atom. The van der Waals surface area contributed by atoms with E-state index in [2.05, 4.69) is 10.2 Å². The number of benzene rings is 1. The van der Waals surface area contributed by atoms with Crippen molar-refractivity contribution < 1.29 is 9.84 Å². The first-order valence-corrected chi connectivity index (χ1v) is 7.34. The van der Waals surface area contributed by atoms with E-state index < -0.39 is 6.10 Å². The van der Waals surface area contributed by atoms with Crippen LogP contribution in [0.3, 0.4) is 0 Å². The summed E-state index contributed by atoms with van der Waals surface area (Å²) in [6, 6.07) is 8.81. The average Bonchev–Trinajstić information content (AvgIpc) is 2.96. The average molecular weight is 293 g/mol. The molecule has 5 nitrogen and oxygen atoms in total. The van der Waals surface area contributed by atoms with E-state index in [9.17, 15) is 5.11 Å². The van der Waals surface area contributed by atoms with Gasteiger partial charge in [-0.15, -0.1) is 10.2 Å². The van der Waals surface area contributed by atoms with Crippen molar-refractivity contribution in [2.75, 3.05) is 12.4 Å². The first kappa shape index (κ1) is 13.8. The van der Waals surface area contributed by atoms with Crippen LogP contribution in [-0.4, -0.2) is 33.8 Å². The summed E-state index contributed by atoms with van der Waals surface area (Å²) in [7, 11) is 0. The summed E-state index contributed by atoms with van der Waals surface area (Å²) in [4.78, 5) is 0. The first-order valence-electron chi connectivity index (χ1n) is 5.48. The number of aliphatic hydroxyl groups is 1. The predicted octanol–water partition coefficient (Wildman–Crippen LogP) is 1.94. The van der Waals surface area contributed by atoms with Crippen molar-refractivity contribution in [3.8, 4) is 11.8 Å². The standard InChI is InChI=1S/C12H11N3O2S2/c13-5-9-1-3-11(4-2-9)17-6-10(16)7-18-12-15-14-8-19-12/h1-4,8,10,16H,6-7H2. The van der Waals surface area contributed by atoms with E-state index in [1.807, 2.05) is 6.07 Å². The molecule has 2 aromatic rings. The highest BCUT2D eigenvalue weighted by molar-refractivity contribution is 8.01. The molecule has 1 atom stereocenters. The van der Waals surface area contributed by atoms with Gasteiger partial charge in [0.2, 0.25) is 0 Å². The SMILES string of the molecule is N#Cc1ccc(OCC(O)CSc2nncs2)cc1. The Labute approximate surface area is 118 Å². The Hall–Kier alpha value is -1.62. The van der Waals surface area contributed by atoms with Gasteiger partial charge in [0.15, 0.2) is 4.34 Å². The summed E-state index contributed by atoms with van der Waals surface area (Å²) in [5, 5.41) is 26.0. The zero-order valence-electron chi connectivity index (χ0n) is 9.89. The molecular formula is C12H11N3O2S2. The summed E-state index contributed by atoms with van der Waals surface area (Å²) >= 11 is 2.89. The lowest BCUT2D eigenvalue weighted by Gasteiger charge is -2.11. The lowest BCUT2D eigenvalue weighted by atomic mass is 10.2. The molecule has 0 aliphatic carbocycles. The smallest absolute Gasteiger partial charge is 0.174 e. The summed E-state index contributed by atoms with van der Waals surface area (Å²) in [6.07, 6.45) is -0.579. The molecule has 1 heterocycles. The molecule has 98 valence electrons. The van der Waals surface area contributed by atoms with E-state index in [-0.39, 0.29) is 6.61 Å². The van der Waals surface area contributed by atoms with Crippen LogP contribution < -0.4 is 4.74 Å². The molecule has 0 fully saturated rings. The molecule has 1 aromatic heterocycles. The highest BCUT2D eigenvalue weighted by Crippen LogP contribution is 2.20. The third-order valence-corrected chi connectivity index (χ3v) is 4.17. The minimum atomic E-state index is -0.579. The molecule has 0 saturated carbocycles. The molecule has 0 bridgehead atoms. The minimum Gasteiger partial charge on any atom is -0.491 e. The Kier molecular flexibility index (Phi) is 5.15. The molecule has 1 unspecified atom stereocenters. The zero-order valence-corrected chi connectivity index (χ0v) is 11.5. The molecule has 0 spiro atoms. The number of thioether (sulfide) groups is 1. The van der Waals surface area contributed by atoms with Crippen LogP contribution in [-0.2, 0) is 0 Å². The number of aromatic nitrogens is 2. The summed E-state index contributed by atoms with van der Waals surface area (Å²) in [5.41, 5.74) is 2.24. The van der Waals surface area contributed by atoms with Crippen molar-refractivity contribution in [3.05, 3.63) is 35.3 Å². The monoisotopic (exact) mass is 293 g/mol. The van der Waals surface area contributed by atoms with Crippen molar-refractivity contribution in [3.63, 3.8) is 0 Å². The van der Waals surface area contributed by atoms with Gasteiger partial charge in [-0.05, 0) is 24.3 Å². The molecule has 0 radical (unpaired) electrons. The van der Waals surface area contributed by atoms with Crippen LogP contribution in [0.2, 0.25) is 0 Å². The fourth-order valence-electron chi connectivity index (χ4n) is 1.26. The van der Waals surface area contributed by atoms with Gasteiger partial charge < -0.3 is 9.84 Å². The number of hydrogen-bond donors (Lipinski definition) is 1. The van der Waals surface area contributed by atoms with E-state index >= 15 is 0 Å². The van der Waals surface area contributed by atoms with Gasteiger partial charge in [-0.3, -0.25) is 0 Å². The van der Waals surface area contributed by atoms with E-state index in [0.29, 0.717) is 17.1 Å². The van der Waals surface area contributed by atoms with Crippen LogP contribution in [0, 0.1) is 11.3 Å². The van der Waals surface area contributed by atoms with Gasteiger partial charge in [-0.25, -0.2) is 0 Å². The van der Waals surface area contributed by atoms with Crippen LogP contribution in [0.25, 0.3) is 0 Å². The molecule has 1 N–H and O–H groups in total. The Morgan fingerprint density at radius 3 is 2.84 bits per heavy atom. The number of nitriles is 1. The first-order chi connectivity index (χ1) is 9.28. The highest BCUT2D eigenvalue weighted by atomic mass is 32.2. The molecule has 0 saturated heterocycles. The molecule has 1 aromatic carbocycles. The zero-order chi connectivity index (χ0) is 13.5. The molecule has 0 amide bonds. The second-order valence-electron chi connectivity index (χ2n) is 3.62. The van der Waals surface area contributed by atoms with Gasteiger partial charge in [0.05, 0.1) is 17.7 Å². The molecule has 7 heteroatoms. The molecule has 0 aliphatic heterocycles. The Morgan fingerprint density at radius 2 is 2.21 bits per heavy atom. The second kappa shape index (κ2) is 7.09. The van der Waals surface area contributed by atoms with Gasteiger partial charge in [-0.2, -0.15) is 5.26 Å². The largest absolute Gasteiger partial charge is 0.491 e. The van der Waals surface area contributed by atoms with Gasteiger partial charge >= 0.3 is 0 Å². The van der Waals surface area contributed by atoms with Crippen molar-refractivity contribution in [2.24, 2.45) is 0 Å². The minimum absolute atomic E-state index is 0.206. The van der Waals surface area contributed by atoms with E-state index in [0.717, 1.165) is 4.34 Å². The molecule has 0 aliphatic rings. The van der Waals surface area contributed by atoms with Crippen LogP contribution >= 0.6 is 23.1 Å². The normalized spacial score (nSPS) is 11.8. The maximum Gasteiger partial charge on any atom is 0.174 e. The van der Waals surface area contributed by atoms with Crippen molar-refractivity contribution in [1.29, 1.82) is 5.26 Å². The topological polar surface area (TPSA) is 79.0 Å². The lowest BCUT2D eigenvalue weighted by molar-refractivity contribution is 0.126. The number of rotatable bonds is 6. The van der Waals surface area contributed by atoms with Crippen LogP contribution in [0.4, 0.5) is 0 Å². The molecule has 2 rings (SSSR count). The third kappa shape index (κ3) is 4.52. The second-order valence-corrected chi connectivity index (χ2v) is 5.72. The van der Waals surface area contributed by atoms with Gasteiger partial charge in [0.25, 0.3) is 0 Å². The van der Waals surface area contributed by atoms with Crippen LogP contribution in [0.15, 0.2) is 34.1 Å². The fourth-order valence-corrected chi connectivity index (χ4v) is 2.68. The van der Waals surface area contributed by atoms with E-state index in [1.54, 1.807) is 29.8 Å². The van der Waals surface area contributed by atoms with Gasteiger partial charge in [-0.1, -0.05) is 23.1 Å². The molecule has 19 heavy (non-hydrogen) atoms. The summed E-state index contributed by atoms with van der Waals surface area (Å²) in [5.74, 6) is 1.14. The third-order valence-electron chi connectivity index (χ3n) is 2.17. The fraction of sp³-hybridized carbons (Fsp3) is 0.250.